The van der Waals surface area contributed by atoms with Crippen LogP contribution in [-0.2, 0) is 28.6 Å². The Morgan fingerprint density at radius 1 is 0.296 bits per heavy atom. The molecule has 0 saturated carbocycles. The molecule has 0 saturated heterocycles. The Labute approximate surface area is 438 Å². The van der Waals surface area contributed by atoms with Crippen molar-refractivity contribution in [2.75, 3.05) is 13.2 Å². The van der Waals surface area contributed by atoms with Gasteiger partial charge in [0.1, 0.15) is 13.2 Å². The van der Waals surface area contributed by atoms with Gasteiger partial charge in [-0.1, -0.05) is 253 Å². The zero-order valence-electron chi connectivity index (χ0n) is 46.5. The molecule has 0 aromatic heterocycles. The van der Waals surface area contributed by atoms with Gasteiger partial charge in [-0.2, -0.15) is 0 Å². The number of unbranched alkanes of at least 4 members (excludes halogenated alkanes) is 26. The number of hydrogen-bond acceptors (Lipinski definition) is 6. The molecule has 0 radical (unpaired) electrons. The van der Waals surface area contributed by atoms with E-state index in [-0.39, 0.29) is 37.5 Å². The molecule has 0 rings (SSSR count). The summed E-state index contributed by atoms with van der Waals surface area (Å²) in [5.41, 5.74) is 0. The standard InChI is InChI=1S/C65H110O6/c1-4-7-10-13-16-19-22-25-27-29-31-32-34-35-37-40-43-46-49-52-55-58-64(67)70-61-62(60-69-63(66)57-54-51-48-45-42-39-24-21-18-15-12-9-6-3)71-65(68)59-56-53-50-47-44-41-38-36-33-30-28-26-23-20-17-14-11-8-5-2/h8,11,17,20,22,25-26,28-29,31,33-36,41,44,62H,4-7,9-10,12-16,18-19,21,23-24,27,30,32,37-40,42-43,45-61H2,1-3H3/b11-8-,20-17-,25-22-,28-26-,31-29-,35-34-,36-33-,44-41-. The first-order chi connectivity index (χ1) is 35.0. The van der Waals surface area contributed by atoms with Crippen molar-refractivity contribution in [1.82, 2.24) is 0 Å². The quantitative estimate of drug-likeness (QED) is 0.0261. The molecule has 0 fully saturated rings. The predicted molar refractivity (Wildman–Crippen MR) is 307 cm³/mol. The molecule has 0 N–H and O–H groups in total. The topological polar surface area (TPSA) is 78.9 Å². The lowest BCUT2D eigenvalue weighted by Gasteiger charge is -2.18. The Bertz CT molecular complexity index is 1410. The highest BCUT2D eigenvalue weighted by Crippen LogP contribution is 2.15. The van der Waals surface area contributed by atoms with Crippen LogP contribution in [0.1, 0.15) is 278 Å². The molecule has 0 aliphatic heterocycles. The summed E-state index contributed by atoms with van der Waals surface area (Å²) in [6, 6.07) is 0. The molecule has 0 aliphatic carbocycles. The van der Waals surface area contributed by atoms with Gasteiger partial charge in [-0.05, 0) is 103 Å². The second kappa shape index (κ2) is 58.9. The Hall–Kier alpha value is -3.67. The highest BCUT2D eigenvalue weighted by Gasteiger charge is 2.19. The Balaban J connectivity index is 4.45. The third kappa shape index (κ3) is 57.1. The smallest absolute Gasteiger partial charge is 0.306 e. The fourth-order valence-corrected chi connectivity index (χ4v) is 8.12. The summed E-state index contributed by atoms with van der Waals surface area (Å²) < 4.78 is 16.9. The van der Waals surface area contributed by atoms with Crippen LogP contribution < -0.4 is 0 Å². The van der Waals surface area contributed by atoms with Crippen molar-refractivity contribution in [3.8, 4) is 0 Å². The Kier molecular flexibility index (Phi) is 55.9. The fourth-order valence-electron chi connectivity index (χ4n) is 8.12. The molecule has 0 aliphatic rings. The van der Waals surface area contributed by atoms with Gasteiger partial charge in [-0.3, -0.25) is 14.4 Å². The van der Waals surface area contributed by atoms with E-state index in [9.17, 15) is 14.4 Å². The highest BCUT2D eigenvalue weighted by molar-refractivity contribution is 5.71. The predicted octanol–water partition coefficient (Wildman–Crippen LogP) is 20.1. The van der Waals surface area contributed by atoms with Crippen LogP contribution in [0.4, 0.5) is 0 Å². The third-order valence-corrected chi connectivity index (χ3v) is 12.6. The van der Waals surface area contributed by atoms with Crippen molar-refractivity contribution >= 4 is 17.9 Å². The van der Waals surface area contributed by atoms with Crippen LogP contribution in [-0.4, -0.2) is 37.2 Å². The second-order valence-corrected chi connectivity index (χ2v) is 19.5. The average molecular weight is 988 g/mol. The van der Waals surface area contributed by atoms with Crippen molar-refractivity contribution in [1.29, 1.82) is 0 Å². The van der Waals surface area contributed by atoms with E-state index in [2.05, 4.69) is 118 Å². The summed E-state index contributed by atoms with van der Waals surface area (Å²) in [7, 11) is 0. The summed E-state index contributed by atoms with van der Waals surface area (Å²) in [6.45, 7) is 6.49. The van der Waals surface area contributed by atoms with Crippen LogP contribution in [0.5, 0.6) is 0 Å². The van der Waals surface area contributed by atoms with Gasteiger partial charge in [0, 0.05) is 19.3 Å². The van der Waals surface area contributed by atoms with Gasteiger partial charge < -0.3 is 14.2 Å². The molecular weight excluding hydrogens is 877 g/mol. The van der Waals surface area contributed by atoms with Gasteiger partial charge in [0.2, 0.25) is 0 Å². The zero-order valence-corrected chi connectivity index (χ0v) is 46.5. The van der Waals surface area contributed by atoms with Gasteiger partial charge in [0.25, 0.3) is 0 Å². The van der Waals surface area contributed by atoms with Gasteiger partial charge in [-0.15, -0.1) is 0 Å². The van der Waals surface area contributed by atoms with Gasteiger partial charge in [0.15, 0.2) is 6.10 Å². The van der Waals surface area contributed by atoms with Crippen LogP contribution in [0.2, 0.25) is 0 Å². The number of allylic oxidation sites excluding steroid dienone is 16. The maximum absolute atomic E-state index is 12.9. The summed E-state index contributed by atoms with van der Waals surface area (Å²) in [4.78, 5) is 38.2. The van der Waals surface area contributed by atoms with E-state index in [1.54, 1.807) is 0 Å². The van der Waals surface area contributed by atoms with Crippen molar-refractivity contribution in [2.24, 2.45) is 0 Å². The summed E-state index contributed by atoms with van der Waals surface area (Å²) in [6.07, 6.45) is 78.2. The van der Waals surface area contributed by atoms with Crippen LogP contribution in [0.3, 0.4) is 0 Å². The molecule has 0 amide bonds. The minimum absolute atomic E-state index is 0.0940. The maximum atomic E-state index is 12.9. The molecular formula is C65H110O6. The SMILES string of the molecule is CC/C=C\C/C=C\C/C=C\C/C=C\C/C=C\CCCCCC(=O)OC(COC(=O)CCCCCCCC/C=C\C/C=C\C/C=C\CCCCCCC)COC(=O)CCCCCCCCCCCCCCC. The molecule has 0 aromatic rings. The zero-order chi connectivity index (χ0) is 51.4. The number of rotatable bonds is 53. The number of ether oxygens (including phenoxy) is 3. The number of carbonyl (C=O) groups excluding carboxylic acids is 3. The van der Waals surface area contributed by atoms with Crippen molar-refractivity contribution < 1.29 is 28.6 Å². The molecule has 6 heteroatoms. The van der Waals surface area contributed by atoms with E-state index in [1.165, 1.54) is 122 Å². The third-order valence-electron chi connectivity index (χ3n) is 12.6. The second-order valence-electron chi connectivity index (χ2n) is 19.5. The number of carbonyl (C=O) groups is 3. The van der Waals surface area contributed by atoms with Crippen molar-refractivity contribution in [3.63, 3.8) is 0 Å². The van der Waals surface area contributed by atoms with Crippen molar-refractivity contribution in [2.45, 2.75) is 284 Å². The van der Waals surface area contributed by atoms with Gasteiger partial charge in [-0.25, -0.2) is 0 Å². The fraction of sp³-hybridized carbons (Fsp3) is 0.708. The summed E-state index contributed by atoms with van der Waals surface area (Å²) >= 11 is 0. The minimum Gasteiger partial charge on any atom is -0.462 e. The van der Waals surface area contributed by atoms with E-state index >= 15 is 0 Å². The molecule has 71 heavy (non-hydrogen) atoms. The lowest BCUT2D eigenvalue weighted by atomic mass is 10.0. The lowest BCUT2D eigenvalue weighted by molar-refractivity contribution is -0.167. The van der Waals surface area contributed by atoms with Crippen LogP contribution in [0.25, 0.3) is 0 Å². The van der Waals surface area contributed by atoms with Crippen LogP contribution >= 0.6 is 0 Å². The Morgan fingerprint density at radius 2 is 0.549 bits per heavy atom. The van der Waals surface area contributed by atoms with Gasteiger partial charge >= 0.3 is 17.9 Å². The number of esters is 3. The molecule has 1 atom stereocenters. The molecule has 0 bridgehead atoms. The van der Waals surface area contributed by atoms with Crippen LogP contribution in [0, 0.1) is 0 Å². The molecule has 0 aromatic carbocycles. The first-order valence-corrected chi connectivity index (χ1v) is 29.7. The first-order valence-electron chi connectivity index (χ1n) is 29.7. The summed E-state index contributed by atoms with van der Waals surface area (Å²) in [5.74, 6) is -0.934. The lowest BCUT2D eigenvalue weighted by Crippen LogP contribution is -2.30. The normalized spacial score (nSPS) is 12.8. The molecule has 6 nitrogen and oxygen atoms in total. The van der Waals surface area contributed by atoms with E-state index in [1.807, 2.05) is 0 Å². The highest BCUT2D eigenvalue weighted by atomic mass is 16.6. The largest absolute Gasteiger partial charge is 0.462 e. The molecule has 406 valence electrons. The number of hydrogen-bond donors (Lipinski definition) is 0. The van der Waals surface area contributed by atoms with Gasteiger partial charge in [0.05, 0.1) is 0 Å². The van der Waals surface area contributed by atoms with Crippen LogP contribution in [0.15, 0.2) is 97.2 Å². The molecule has 0 spiro atoms. The Morgan fingerprint density at radius 3 is 0.873 bits per heavy atom. The van der Waals surface area contributed by atoms with E-state index in [0.29, 0.717) is 12.8 Å². The van der Waals surface area contributed by atoms with Crippen molar-refractivity contribution in [3.05, 3.63) is 97.2 Å². The first kappa shape index (κ1) is 67.3. The minimum atomic E-state index is -0.801. The molecule has 1 unspecified atom stereocenters. The van der Waals surface area contributed by atoms with E-state index in [0.717, 1.165) is 116 Å². The van der Waals surface area contributed by atoms with E-state index in [4.69, 9.17) is 14.2 Å². The average Bonchev–Trinajstić information content (AvgIpc) is 3.37. The summed E-state index contributed by atoms with van der Waals surface area (Å²) in [5, 5.41) is 0. The monoisotopic (exact) mass is 987 g/mol. The maximum Gasteiger partial charge on any atom is 0.306 e. The molecule has 0 heterocycles. The van der Waals surface area contributed by atoms with E-state index < -0.39 is 6.10 Å².